The Morgan fingerprint density at radius 1 is 1.36 bits per heavy atom. The zero-order valence-electron chi connectivity index (χ0n) is 13.5. The Hall–Kier alpha value is -2.35. The van der Waals surface area contributed by atoms with Crippen molar-refractivity contribution in [2.75, 3.05) is 19.6 Å². The van der Waals surface area contributed by atoms with Crippen LogP contribution in [0.2, 0.25) is 0 Å². The summed E-state index contributed by atoms with van der Waals surface area (Å²) in [7, 11) is 0. The number of carbonyl (C=O) groups excluding carboxylic acids is 1. The van der Waals surface area contributed by atoms with Crippen LogP contribution in [-0.2, 0) is 6.18 Å². The molecule has 0 radical (unpaired) electrons. The van der Waals surface area contributed by atoms with Crippen molar-refractivity contribution in [2.45, 2.75) is 19.0 Å². The highest BCUT2D eigenvalue weighted by atomic mass is 19.4. The molecule has 1 atom stereocenters. The molecule has 2 aromatic rings. The van der Waals surface area contributed by atoms with Crippen molar-refractivity contribution in [2.24, 2.45) is 5.92 Å². The molecular weight excluding hydrogens is 333 g/mol. The largest absolute Gasteiger partial charge is 0.416 e. The normalized spacial score (nSPS) is 17.6. The standard InChI is InChI=1S/C17H19F3N4O/c18-17(19,20)13-2-1-3-14(10-13)24-9-6-15(23-24)16(25)22-8-5-12-4-7-21-11-12/h1-3,6,9-10,12,21H,4-5,7-8,11H2,(H,22,25). The Morgan fingerprint density at radius 3 is 2.92 bits per heavy atom. The average molecular weight is 352 g/mol. The van der Waals surface area contributed by atoms with E-state index in [1.807, 2.05) is 0 Å². The Morgan fingerprint density at radius 2 is 2.20 bits per heavy atom. The van der Waals surface area contributed by atoms with E-state index in [1.165, 1.54) is 29.1 Å². The maximum Gasteiger partial charge on any atom is 0.416 e. The van der Waals surface area contributed by atoms with Crippen molar-refractivity contribution in [3.8, 4) is 5.69 Å². The van der Waals surface area contributed by atoms with E-state index in [-0.39, 0.29) is 17.3 Å². The number of aromatic nitrogens is 2. The minimum absolute atomic E-state index is 0.182. The summed E-state index contributed by atoms with van der Waals surface area (Å²) in [6.45, 7) is 2.54. The van der Waals surface area contributed by atoms with E-state index in [0.717, 1.165) is 38.1 Å². The molecule has 0 spiro atoms. The first kappa shape index (κ1) is 17.5. The molecule has 1 aliphatic rings. The second-order valence-corrected chi connectivity index (χ2v) is 6.10. The monoisotopic (exact) mass is 352 g/mol. The average Bonchev–Trinajstić information content (AvgIpc) is 3.26. The molecule has 1 aromatic heterocycles. The highest BCUT2D eigenvalue weighted by Crippen LogP contribution is 2.30. The van der Waals surface area contributed by atoms with Gasteiger partial charge in [0.25, 0.3) is 5.91 Å². The molecule has 1 aromatic carbocycles. The first-order chi connectivity index (χ1) is 11.9. The lowest BCUT2D eigenvalue weighted by molar-refractivity contribution is -0.137. The van der Waals surface area contributed by atoms with E-state index in [1.54, 1.807) is 0 Å². The Labute approximate surface area is 143 Å². The third-order valence-electron chi connectivity index (χ3n) is 4.26. The summed E-state index contributed by atoms with van der Waals surface area (Å²) in [5, 5.41) is 10.2. The number of alkyl halides is 3. The molecule has 1 saturated heterocycles. The molecule has 134 valence electrons. The van der Waals surface area contributed by atoms with E-state index >= 15 is 0 Å². The second-order valence-electron chi connectivity index (χ2n) is 6.10. The molecule has 25 heavy (non-hydrogen) atoms. The highest BCUT2D eigenvalue weighted by Gasteiger charge is 2.30. The molecule has 5 nitrogen and oxygen atoms in total. The number of rotatable bonds is 5. The molecule has 0 bridgehead atoms. The minimum Gasteiger partial charge on any atom is -0.351 e. The van der Waals surface area contributed by atoms with Gasteiger partial charge in [-0.3, -0.25) is 4.79 Å². The molecule has 2 N–H and O–H groups in total. The SMILES string of the molecule is O=C(NCCC1CCNC1)c1ccn(-c2cccc(C(F)(F)F)c2)n1. The van der Waals surface area contributed by atoms with Gasteiger partial charge in [-0.15, -0.1) is 0 Å². The van der Waals surface area contributed by atoms with Crippen molar-refractivity contribution >= 4 is 5.91 Å². The molecule has 0 aliphatic carbocycles. The molecule has 8 heteroatoms. The Balaban J connectivity index is 1.62. The predicted molar refractivity (Wildman–Crippen MR) is 86.5 cm³/mol. The van der Waals surface area contributed by atoms with Gasteiger partial charge in [0, 0.05) is 12.7 Å². The third-order valence-corrected chi connectivity index (χ3v) is 4.26. The molecule has 3 rings (SSSR count). The maximum absolute atomic E-state index is 12.8. The summed E-state index contributed by atoms with van der Waals surface area (Å²) >= 11 is 0. The number of carbonyl (C=O) groups is 1. The van der Waals surface area contributed by atoms with E-state index < -0.39 is 11.7 Å². The van der Waals surface area contributed by atoms with Gasteiger partial charge < -0.3 is 10.6 Å². The maximum atomic E-state index is 12.8. The summed E-state index contributed by atoms with van der Waals surface area (Å²) in [5.41, 5.74) is -0.315. The number of nitrogens with zero attached hydrogens (tertiary/aromatic N) is 2. The van der Waals surface area contributed by atoms with Crippen molar-refractivity contribution < 1.29 is 18.0 Å². The summed E-state index contributed by atoms with van der Waals surface area (Å²) in [4.78, 5) is 12.1. The van der Waals surface area contributed by atoms with Crippen molar-refractivity contribution in [1.29, 1.82) is 0 Å². The number of hydrogen-bond donors (Lipinski definition) is 2. The molecular formula is C17H19F3N4O. The Kier molecular flexibility index (Phi) is 5.08. The van der Waals surface area contributed by atoms with E-state index in [9.17, 15) is 18.0 Å². The summed E-state index contributed by atoms with van der Waals surface area (Å²) < 4.78 is 39.6. The molecule has 0 saturated carbocycles. The van der Waals surface area contributed by atoms with Gasteiger partial charge in [-0.2, -0.15) is 18.3 Å². The van der Waals surface area contributed by atoms with Gasteiger partial charge in [0.05, 0.1) is 11.3 Å². The van der Waals surface area contributed by atoms with Crippen molar-refractivity contribution in [3.05, 3.63) is 47.8 Å². The van der Waals surface area contributed by atoms with Crippen LogP contribution in [0.25, 0.3) is 5.69 Å². The third kappa shape index (κ3) is 4.39. The highest BCUT2D eigenvalue weighted by molar-refractivity contribution is 5.92. The number of hydrogen-bond acceptors (Lipinski definition) is 3. The van der Waals surface area contributed by atoms with Gasteiger partial charge in [0.1, 0.15) is 0 Å². The second kappa shape index (κ2) is 7.26. The van der Waals surface area contributed by atoms with Crippen molar-refractivity contribution in [3.63, 3.8) is 0 Å². The minimum atomic E-state index is -4.42. The fourth-order valence-electron chi connectivity index (χ4n) is 2.85. The van der Waals surface area contributed by atoms with Gasteiger partial charge >= 0.3 is 6.18 Å². The Bertz CT molecular complexity index is 735. The summed E-state index contributed by atoms with van der Waals surface area (Å²) in [5.74, 6) is 0.250. The fraction of sp³-hybridized carbons (Fsp3) is 0.412. The van der Waals surface area contributed by atoms with Crippen LogP contribution in [-0.4, -0.2) is 35.3 Å². The predicted octanol–water partition coefficient (Wildman–Crippen LogP) is 2.62. The van der Waals surface area contributed by atoms with Crippen LogP contribution in [0.1, 0.15) is 28.9 Å². The summed E-state index contributed by atoms with van der Waals surface area (Å²) in [6, 6.07) is 6.32. The summed E-state index contributed by atoms with van der Waals surface area (Å²) in [6.07, 6.45) is -0.934. The van der Waals surface area contributed by atoms with Gasteiger partial charge in [-0.1, -0.05) is 6.07 Å². The van der Waals surface area contributed by atoms with Crippen LogP contribution in [0.3, 0.4) is 0 Å². The first-order valence-corrected chi connectivity index (χ1v) is 8.16. The topological polar surface area (TPSA) is 59.0 Å². The van der Waals surface area contributed by atoms with Crippen LogP contribution < -0.4 is 10.6 Å². The van der Waals surface area contributed by atoms with Gasteiger partial charge in [0.15, 0.2) is 5.69 Å². The van der Waals surface area contributed by atoms with Crippen LogP contribution in [0.15, 0.2) is 36.5 Å². The van der Waals surface area contributed by atoms with Gasteiger partial charge in [0.2, 0.25) is 0 Å². The zero-order valence-corrected chi connectivity index (χ0v) is 13.5. The molecule has 1 fully saturated rings. The quantitative estimate of drug-likeness (QED) is 0.870. The van der Waals surface area contributed by atoms with E-state index in [4.69, 9.17) is 0 Å². The molecule has 1 aliphatic heterocycles. The molecule has 1 unspecified atom stereocenters. The van der Waals surface area contributed by atoms with Crippen LogP contribution >= 0.6 is 0 Å². The van der Waals surface area contributed by atoms with E-state index in [2.05, 4.69) is 15.7 Å². The van der Waals surface area contributed by atoms with Gasteiger partial charge in [-0.05, 0) is 56.1 Å². The fourth-order valence-corrected chi connectivity index (χ4v) is 2.85. The lowest BCUT2D eigenvalue weighted by atomic mass is 10.1. The van der Waals surface area contributed by atoms with Crippen LogP contribution in [0.4, 0.5) is 13.2 Å². The first-order valence-electron chi connectivity index (χ1n) is 8.16. The molecule has 2 heterocycles. The lowest BCUT2D eigenvalue weighted by Gasteiger charge is -2.09. The van der Waals surface area contributed by atoms with Crippen molar-refractivity contribution in [1.82, 2.24) is 20.4 Å². The zero-order chi connectivity index (χ0) is 17.9. The smallest absolute Gasteiger partial charge is 0.351 e. The molecule has 1 amide bonds. The van der Waals surface area contributed by atoms with Crippen LogP contribution in [0.5, 0.6) is 0 Å². The van der Waals surface area contributed by atoms with E-state index in [0.29, 0.717) is 12.5 Å². The number of benzene rings is 1. The lowest BCUT2D eigenvalue weighted by Crippen LogP contribution is -2.26. The van der Waals surface area contributed by atoms with Gasteiger partial charge in [-0.25, -0.2) is 4.68 Å². The number of halogens is 3. The number of nitrogens with one attached hydrogen (secondary N) is 2. The number of amides is 1. The van der Waals surface area contributed by atoms with Crippen LogP contribution in [0, 0.1) is 5.92 Å².